The van der Waals surface area contributed by atoms with Gasteiger partial charge in [0.25, 0.3) is 0 Å². The fraction of sp³-hybridized carbons (Fsp3) is 0.641. The molecule has 19 heteroatoms. The van der Waals surface area contributed by atoms with Crippen LogP contribution >= 0.6 is 23.2 Å². The summed E-state index contributed by atoms with van der Waals surface area (Å²) in [6.07, 6.45) is 2.42. The van der Waals surface area contributed by atoms with Gasteiger partial charge in [-0.3, -0.25) is 0 Å². The zero-order chi connectivity index (χ0) is 41.9. The maximum absolute atomic E-state index is 12.9. The number of carbonyl (C=O) groups is 2. The molecule has 0 saturated heterocycles. The molecule has 0 bridgehead atoms. The van der Waals surface area contributed by atoms with Crippen LogP contribution in [0, 0.1) is 0 Å². The zero-order valence-electron chi connectivity index (χ0n) is 33.8. The van der Waals surface area contributed by atoms with E-state index in [0.717, 1.165) is 49.2 Å². The van der Waals surface area contributed by atoms with Gasteiger partial charge < -0.3 is 54.6 Å². The molecule has 1 aliphatic heterocycles. The summed E-state index contributed by atoms with van der Waals surface area (Å²) >= 11 is 12.8. The van der Waals surface area contributed by atoms with Crippen LogP contribution in [0.25, 0.3) is 0 Å². The topological polar surface area (TPSA) is 187 Å². The molecule has 0 fully saturated rings. The van der Waals surface area contributed by atoms with Crippen molar-refractivity contribution < 1.29 is 46.4 Å². The Bertz CT molecular complexity index is 1580. The quantitative estimate of drug-likeness (QED) is 0.0696. The van der Waals surface area contributed by atoms with Crippen LogP contribution in [0.15, 0.2) is 41.3 Å². The monoisotopic (exact) mass is 876 g/mol. The van der Waals surface area contributed by atoms with Gasteiger partial charge in [0.1, 0.15) is 0 Å². The third kappa shape index (κ3) is 20.4. The van der Waals surface area contributed by atoms with Gasteiger partial charge in [0.15, 0.2) is 0 Å². The normalized spacial score (nSPS) is 14.2. The Hall–Kier alpha value is -2.81. The van der Waals surface area contributed by atoms with Crippen molar-refractivity contribution in [3.63, 3.8) is 0 Å². The lowest BCUT2D eigenvalue weighted by Crippen LogP contribution is -2.39. The first kappa shape index (κ1) is 49.6. The van der Waals surface area contributed by atoms with Crippen LogP contribution in [-0.2, 0) is 45.0 Å². The van der Waals surface area contributed by atoms with E-state index in [-0.39, 0.29) is 36.0 Å². The molecule has 1 atom stereocenters. The second kappa shape index (κ2) is 29.4. The molecule has 0 aliphatic carbocycles. The number of urea groups is 2. The van der Waals surface area contributed by atoms with Gasteiger partial charge in [0.2, 0.25) is 10.0 Å². The summed E-state index contributed by atoms with van der Waals surface area (Å²) in [4.78, 5) is 26.1. The molecule has 328 valence electrons. The molecule has 0 spiro atoms. The molecule has 3 rings (SSSR count). The first-order valence-corrected chi connectivity index (χ1v) is 22.1. The number of benzene rings is 2. The van der Waals surface area contributed by atoms with E-state index < -0.39 is 10.0 Å². The minimum absolute atomic E-state index is 0.0170. The van der Waals surface area contributed by atoms with Gasteiger partial charge in [-0.2, -0.15) is 0 Å². The molecule has 0 aromatic heterocycles. The standard InChI is InChI=1S/C39H62Cl2N6O10S/c1-3-15-52-19-23-56-24-20-53-16-12-44-38(48)42-10-4-5-11-43-39(49)45-13-17-54-21-25-57-26-22-55-18-14-46-58(50,51)33-8-6-31(7-9-33)35-29-47(2)30-36-34(35)27-32(40)28-37(36)41/h6-9,27-28,35,46H,3-5,10-26,29-30H2,1-2H3,(H2,42,44,48)(H2,43,45,49). The largest absolute Gasteiger partial charge is 0.379 e. The van der Waals surface area contributed by atoms with E-state index in [1.165, 1.54) is 0 Å². The number of hydrogen-bond donors (Lipinski definition) is 5. The number of unbranched alkanes of at least 4 members (excludes halogenated alkanes) is 1. The minimum atomic E-state index is -3.71. The average Bonchev–Trinajstić information content (AvgIpc) is 3.20. The molecule has 16 nitrogen and oxygen atoms in total. The van der Waals surface area contributed by atoms with Gasteiger partial charge in [-0.05, 0) is 67.3 Å². The number of nitrogens with one attached hydrogen (secondary N) is 5. The van der Waals surface area contributed by atoms with Gasteiger partial charge in [-0.1, -0.05) is 42.3 Å². The predicted molar refractivity (Wildman–Crippen MR) is 224 cm³/mol. The summed E-state index contributed by atoms with van der Waals surface area (Å²) in [5.41, 5.74) is 3.08. The van der Waals surface area contributed by atoms with Crippen LogP contribution in [0.5, 0.6) is 0 Å². The summed E-state index contributed by atoms with van der Waals surface area (Å²) in [6, 6.07) is 10.0. The molecule has 0 saturated carbocycles. The Morgan fingerprint density at radius 1 is 0.672 bits per heavy atom. The number of carbonyl (C=O) groups excluding carboxylic acids is 2. The summed E-state index contributed by atoms with van der Waals surface area (Å²) in [5, 5.41) is 12.2. The third-order valence-electron chi connectivity index (χ3n) is 8.70. The Balaban J connectivity index is 1.08. The van der Waals surface area contributed by atoms with E-state index in [1.807, 2.05) is 25.2 Å². The fourth-order valence-electron chi connectivity index (χ4n) is 5.82. The van der Waals surface area contributed by atoms with Crippen LogP contribution in [0.4, 0.5) is 9.59 Å². The van der Waals surface area contributed by atoms with Crippen molar-refractivity contribution in [1.29, 1.82) is 0 Å². The van der Waals surface area contributed by atoms with E-state index in [9.17, 15) is 18.0 Å². The van der Waals surface area contributed by atoms with Gasteiger partial charge in [-0.15, -0.1) is 0 Å². The van der Waals surface area contributed by atoms with Crippen molar-refractivity contribution in [3.05, 3.63) is 63.1 Å². The van der Waals surface area contributed by atoms with E-state index in [1.54, 1.807) is 18.2 Å². The van der Waals surface area contributed by atoms with Crippen LogP contribution in [0.2, 0.25) is 10.0 Å². The maximum Gasteiger partial charge on any atom is 0.314 e. The third-order valence-corrected chi connectivity index (χ3v) is 10.7. The molecular formula is C39H62Cl2N6O10S. The number of ether oxygens (including phenoxy) is 6. The first-order valence-electron chi connectivity index (χ1n) is 19.9. The molecule has 5 N–H and O–H groups in total. The number of hydrogen-bond acceptors (Lipinski definition) is 11. The number of sulfonamides is 1. The first-order chi connectivity index (χ1) is 28.1. The summed E-state index contributed by atoms with van der Waals surface area (Å²) in [5.74, 6) is 0.0170. The average molecular weight is 878 g/mol. The fourth-order valence-corrected chi connectivity index (χ4v) is 7.40. The van der Waals surface area contributed by atoms with Crippen LogP contribution in [-0.4, -0.2) is 151 Å². The van der Waals surface area contributed by atoms with Crippen LogP contribution in [0.3, 0.4) is 0 Å². The van der Waals surface area contributed by atoms with Crippen molar-refractivity contribution in [2.45, 2.75) is 43.5 Å². The maximum atomic E-state index is 12.9. The molecule has 0 radical (unpaired) electrons. The lowest BCUT2D eigenvalue weighted by molar-refractivity contribution is 0.0155. The zero-order valence-corrected chi connectivity index (χ0v) is 36.1. The molecule has 1 heterocycles. The van der Waals surface area contributed by atoms with E-state index in [2.05, 4.69) is 37.8 Å². The molecule has 1 unspecified atom stereocenters. The lowest BCUT2D eigenvalue weighted by atomic mass is 9.85. The number of rotatable bonds is 31. The number of nitrogens with zero attached hydrogens (tertiary/aromatic N) is 1. The highest BCUT2D eigenvalue weighted by Crippen LogP contribution is 2.38. The molecule has 2 aromatic rings. The van der Waals surface area contributed by atoms with Crippen LogP contribution < -0.4 is 26.0 Å². The highest BCUT2D eigenvalue weighted by Gasteiger charge is 2.27. The van der Waals surface area contributed by atoms with E-state index in [0.29, 0.717) is 109 Å². The van der Waals surface area contributed by atoms with Gasteiger partial charge in [0, 0.05) is 68.4 Å². The number of likely N-dealkylation sites (N-methyl/N-ethyl adjacent to an activating group) is 1. The summed E-state index contributed by atoms with van der Waals surface area (Å²) in [6.45, 7) is 10.4. The smallest absolute Gasteiger partial charge is 0.314 e. The lowest BCUT2D eigenvalue weighted by Gasteiger charge is -2.33. The second-order valence-electron chi connectivity index (χ2n) is 13.4. The SMILES string of the molecule is CCCOCCOCCOCCNC(=O)NCCCCNC(=O)NCCOCCOCCOCCNS(=O)(=O)c1ccc(C2CN(C)Cc3c(Cl)cc(Cl)cc32)cc1. The molecule has 58 heavy (non-hydrogen) atoms. The van der Waals surface area contributed by atoms with E-state index >= 15 is 0 Å². The predicted octanol–water partition coefficient (Wildman–Crippen LogP) is 3.74. The highest BCUT2D eigenvalue weighted by molar-refractivity contribution is 7.89. The van der Waals surface area contributed by atoms with E-state index in [4.69, 9.17) is 51.6 Å². The van der Waals surface area contributed by atoms with Gasteiger partial charge >= 0.3 is 12.1 Å². The number of fused-ring (bicyclic) bond motifs is 1. The Kier molecular flexibility index (Phi) is 25.1. The molecule has 4 amide bonds. The molecule has 1 aliphatic rings. The Morgan fingerprint density at radius 2 is 1.14 bits per heavy atom. The highest BCUT2D eigenvalue weighted by atomic mass is 35.5. The second-order valence-corrected chi connectivity index (χ2v) is 16.0. The van der Waals surface area contributed by atoms with Crippen molar-refractivity contribution in [1.82, 2.24) is 30.9 Å². The minimum Gasteiger partial charge on any atom is -0.379 e. The Morgan fingerprint density at radius 3 is 1.66 bits per heavy atom. The number of halogens is 2. The van der Waals surface area contributed by atoms with Crippen molar-refractivity contribution >= 4 is 45.3 Å². The molecular weight excluding hydrogens is 815 g/mol. The summed E-state index contributed by atoms with van der Waals surface area (Å²) in [7, 11) is -1.68. The molecule has 2 aromatic carbocycles. The van der Waals surface area contributed by atoms with Gasteiger partial charge in [-0.25, -0.2) is 22.7 Å². The van der Waals surface area contributed by atoms with Crippen molar-refractivity contribution in [3.8, 4) is 0 Å². The number of amides is 4. The Labute approximate surface area is 353 Å². The van der Waals surface area contributed by atoms with Crippen LogP contribution in [0.1, 0.15) is 48.8 Å². The van der Waals surface area contributed by atoms with Crippen molar-refractivity contribution in [2.24, 2.45) is 0 Å². The van der Waals surface area contributed by atoms with Crippen molar-refractivity contribution in [2.75, 3.05) is 126 Å². The van der Waals surface area contributed by atoms with Gasteiger partial charge in [0.05, 0.1) is 77.6 Å². The summed E-state index contributed by atoms with van der Waals surface area (Å²) < 4.78 is 60.9.